The van der Waals surface area contributed by atoms with E-state index < -0.39 is 0 Å². The molecule has 0 aliphatic rings. The van der Waals surface area contributed by atoms with Crippen molar-refractivity contribution in [3.8, 4) is 17.1 Å². The van der Waals surface area contributed by atoms with E-state index in [9.17, 15) is 4.79 Å². The van der Waals surface area contributed by atoms with Gasteiger partial charge in [0.15, 0.2) is 12.4 Å². The summed E-state index contributed by atoms with van der Waals surface area (Å²) in [5, 5.41) is 8.47. The first kappa shape index (κ1) is 24.2. The molecule has 2 heterocycles. The molecule has 0 radical (unpaired) electrons. The molecule has 0 bridgehead atoms. The molecule has 8 nitrogen and oxygen atoms in total. The molecule has 0 unspecified atom stereocenters. The number of carbonyl (C=O) groups excluding carboxylic acids is 1. The van der Waals surface area contributed by atoms with Crippen molar-refractivity contribution in [2.45, 2.75) is 46.2 Å². The Morgan fingerprint density at radius 3 is 2.69 bits per heavy atom. The molecule has 1 N–H and O–H groups in total. The number of hydrogen-bond donors (Lipinski definition) is 1. The Kier molecular flexibility index (Phi) is 6.73. The van der Waals surface area contributed by atoms with Crippen LogP contribution in [0.5, 0.6) is 5.75 Å². The van der Waals surface area contributed by atoms with Gasteiger partial charge in [-0.25, -0.2) is 9.97 Å². The highest BCUT2D eigenvalue weighted by Crippen LogP contribution is 2.29. The van der Waals surface area contributed by atoms with Crippen molar-refractivity contribution in [2.75, 3.05) is 18.6 Å². The second-order valence-corrected chi connectivity index (χ2v) is 9.81. The van der Waals surface area contributed by atoms with E-state index >= 15 is 0 Å². The normalized spacial score (nSPS) is 11.6. The molecule has 2 aromatic carbocycles. The summed E-state index contributed by atoms with van der Waals surface area (Å²) < 4.78 is 7.70. The van der Waals surface area contributed by atoms with Gasteiger partial charge in [-0.2, -0.15) is 5.10 Å². The molecule has 0 fully saturated rings. The SMILES string of the molecule is CC(C)NC(=O)COc1cccc(-c2nccc(N(C)c3ccc4c(cnn4C(C)(C)C)c3)n2)c1. The van der Waals surface area contributed by atoms with Crippen molar-refractivity contribution in [1.29, 1.82) is 0 Å². The molecule has 0 spiro atoms. The highest BCUT2D eigenvalue weighted by Gasteiger charge is 2.18. The summed E-state index contributed by atoms with van der Waals surface area (Å²) in [5.74, 6) is 1.77. The van der Waals surface area contributed by atoms with E-state index in [1.807, 2.05) is 67.0 Å². The van der Waals surface area contributed by atoms with Gasteiger partial charge in [-0.3, -0.25) is 9.48 Å². The van der Waals surface area contributed by atoms with Gasteiger partial charge in [0.1, 0.15) is 11.6 Å². The van der Waals surface area contributed by atoms with Crippen LogP contribution < -0.4 is 15.0 Å². The van der Waals surface area contributed by atoms with Gasteiger partial charge in [0.25, 0.3) is 5.91 Å². The molecule has 182 valence electrons. The Labute approximate surface area is 206 Å². The van der Waals surface area contributed by atoms with Gasteiger partial charge >= 0.3 is 0 Å². The molecule has 35 heavy (non-hydrogen) atoms. The lowest BCUT2D eigenvalue weighted by molar-refractivity contribution is -0.123. The van der Waals surface area contributed by atoms with Gasteiger partial charge in [0.05, 0.1) is 17.3 Å². The Morgan fingerprint density at radius 1 is 1.14 bits per heavy atom. The summed E-state index contributed by atoms with van der Waals surface area (Å²) in [4.78, 5) is 23.2. The number of carbonyl (C=O) groups is 1. The van der Waals surface area contributed by atoms with Crippen molar-refractivity contribution in [3.63, 3.8) is 0 Å². The molecule has 0 aliphatic heterocycles. The molecule has 1 amide bonds. The van der Waals surface area contributed by atoms with Crippen molar-refractivity contribution < 1.29 is 9.53 Å². The monoisotopic (exact) mass is 472 g/mol. The van der Waals surface area contributed by atoms with Crippen LogP contribution in [-0.4, -0.2) is 45.4 Å². The zero-order valence-electron chi connectivity index (χ0n) is 21.1. The highest BCUT2D eigenvalue weighted by molar-refractivity contribution is 5.84. The number of benzene rings is 2. The first-order chi connectivity index (χ1) is 16.6. The van der Waals surface area contributed by atoms with E-state index in [-0.39, 0.29) is 24.1 Å². The second-order valence-electron chi connectivity index (χ2n) is 9.81. The van der Waals surface area contributed by atoms with Gasteiger partial charge in [0.2, 0.25) is 0 Å². The summed E-state index contributed by atoms with van der Waals surface area (Å²) in [6.07, 6.45) is 3.64. The maximum absolute atomic E-state index is 11.9. The van der Waals surface area contributed by atoms with Gasteiger partial charge in [-0.1, -0.05) is 12.1 Å². The maximum atomic E-state index is 11.9. The Bertz CT molecular complexity index is 1340. The topological polar surface area (TPSA) is 85.2 Å². The zero-order valence-corrected chi connectivity index (χ0v) is 21.1. The lowest BCUT2D eigenvalue weighted by Gasteiger charge is -2.21. The van der Waals surface area contributed by atoms with E-state index in [1.165, 1.54) is 0 Å². The number of aromatic nitrogens is 4. The molecule has 4 rings (SSSR count). The van der Waals surface area contributed by atoms with Crippen LogP contribution in [0.15, 0.2) is 60.9 Å². The standard InChI is InChI=1S/C27H32N6O2/c1-18(2)30-25(34)17-35-22-9-7-8-19(15-22)26-28-13-12-24(31-26)32(6)21-10-11-23-20(14-21)16-29-33(23)27(3,4)5/h7-16,18H,17H2,1-6H3,(H,30,34). The molecule has 0 saturated carbocycles. The van der Waals surface area contributed by atoms with Crippen molar-refractivity contribution in [3.05, 3.63) is 60.9 Å². The molecule has 2 aromatic heterocycles. The number of ether oxygens (including phenoxy) is 1. The zero-order chi connectivity index (χ0) is 25.2. The summed E-state index contributed by atoms with van der Waals surface area (Å²) in [6, 6.07) is 15.7. The number of nitrogens with one attached hydrogen (secondary N) is 1. The van der Waals surface area contributed by atoms with Gasteiger partial charge in [0, 0.05) is 35.9 Å². The average molecular weight is 473 g/mol. The van der Waals surface area contributed by atoms with E-state index in [4.69, 9.17) is 9.72 Å². The molecular weight excluding hydrogens is 440 g/mol. The fourth-order valence-electron chi connectivity index (χ4n) is 3.81. The second kappa shape index (κ2) is 9.74. The summed E-state index contributed by atoms with van der Waals surface area (Å²) in [5.41, 5.74) is 2.82. The fourth-order valence-corrected chi connectivity index (χ4v) is 3.81. The third kappa shape index (κ3) is 5.59. The number of nitrogens with zero attached hydrogens (tertiary/aromatic N) is 5. The molecule has 0 atom stereocenters. The van der Waals surface area contributed by atoms with Crippen LogP contribution in [0.3, 0.4) is 0 Å². The largest absolute Gasteiger partial charge is 0.484 e. The van der Waals surface area contributed by atoms with Crippen LogP contribution in [0, 0.1) is 0 Å². The predicted octanol–water partition coefficient (Wildman–Crippen LogP) is 4.92. The summed E-state index contributed by atoms with van der Waals surface area (Å²) >= 11 is 0. The van der Waals surface area contributed by atoms with Gasteiger partial charge in [-0.15, -0.1) is 0 Å². The quantitative estimate of drug-likeness (QED) is 0.411. The maximum Gasteiger partial charge on any atom is 0.258 e. The first-order valence-corrected chi connectivity index (χ1v) is 11.7. The molecule has 8 heteroatoms. The molecule has 4 aromatic rings. The minimum Gasteiger partial charge on any atom is -0.484 e. The highest BCUT2D eigenvalue weighted by atomic mass is 16.5. The van der Waals surface area contributed by atoms with E-state index in [0.717, 1.165) is 28.0 Å². The van der Waals surface area contributed by atoms with Crippen LogP contribution in [0.4, 0.5) is 11.5 Å². The minimum absolute atomic E-state index is 0.0421. The summed E-state index contributed by atoms with van der Waals surface area (Å²) in [6.45, 7) is 10.2. The van der Waals surface area contributed by atoms with Gasteiger partial charge in [-0.05, 0) is 71.0 Å². The number of amides is 1. The Morgan fingerprint density at radius 2 is 1.94 bits per heavy atom. The van der Waals surface area contributed by atoms with Gasteiger partial charge < -0.3 is 15.0 Å². The van der Waals surface area contributed by atoms with Crippen LogP contribution >= 0.6 is 0 Å². The summed E-state index contributed by atoms with van der Waals surface area (Å²) in [7, 11) is 1.98. The molecular formula is C27H32N6O2. The van der Waals surface area contributed by atoms with E-state index in [0.29, 0.717) is 11.6 Å². The van der Waals surface area contributed by atoms with Crippen LogP contribution in [0.2, 0.25) is 0 Å². The van der Waals surface area contributed by atoms with E-state index in [2.05, 4.69) is 54.4 Å². The smallest absolute Gasteiger partial charge is 0.258 e. The van der Waals surface area contributed by atoms with E-state index in [1.54, 1.807) is 6.20 Å². The van der Waals surface area contributed by atoms with Crippen LogP contribution in [0.1, 0.15) is 34.6 Å². The first-order valence-electron chi connectivity index (χ1n) is 11.7. The third-order valence-corrected chi connectivity index (χ3v) is 5.47. The molecule has 0 aliphatic carbocycles. The Balaban J connectivity index is 1.55. The number of rotatable bonds is 7. The predicted molar refractivity (Wildman–Crippen MR) is 139 cm³/mol. The Hall–Kier alpha value is -3.94. The average Bonchev–Trinajstić information content (AvgIpc) is 3.26. The van der Waals surface area contributed by atoms with Crippen molar-refractivity contribution in [1.82, 2.24) is 25.1 Å². The number of anilines is 2. The number of hydrogen-bond acceptors (Lipinski definition) is 6. The lowest BCUT2D eigenvalue weighted by Crippen LogP contribution is -2.34. The third-order valence-electron chi connectivity index (χ3n) is 5.47. The van der Waals surface area contributed by atoms with Crippen molar-refractivity contribution in [2.24, 2.45) is 0 Å². The lowest BCUT2D eigenvalue weighted by atomic mass is 10.1. The fraction of sp³-hybridized carbons (Fsp3) is 0.333. The van der Waals surface area contributed by atoms with Crippen LogP contribution in [0.25, 0.3) is 22.3 Å². The molecule has 0 saturated heterocycles. The minimum atomic E-state index is -0.157. The van der Waals surface area contributed by atoms with Crippen LogP contribution in [-0.2, 0) is 10.3 Å². The van der Waals surface area contributed by atoms with Crippen molar-refractivity contribution >= 4 is 28.3 Å². The number of fused-ring (bicyclic) bond motifs is 1.